The fourth-order valence-electron chi connectivity index (χ4n) is 6.59. The summed E-state index contributed by atoms with van der Waals surface area (Å²) in [4.78, 5) is 0. The Kier molecular flexibility index (Phi) is 9.07. The van der Waals surface area contributed by atoms with Crippen molar-refractivity contribution in [3.05, 3.63) is 155 Å². The van der Waals surface area contributed by atoms with E-state index in [1.807, 2.05) is 25.2 Å². The third-order valence-electron chi connectivity index (χ3n) is 8.49. The van der Waals surface area contributed by atoms with Crippen LogP contribution in [0.25, 0.3) is 42.8 Å². The molecule has 2 aromatic heterocycles. The molecule has 8 rings (SSSR count). The highest BCUT2D eigenvalue weighted by Crippen LogP contribution is 2.43. The van der Waals surface area contributed by atoms with Gasteiger partial charge in [0.05, 0.1) is 5.52 Å². The van der Waals surface area contributed by atoms with E-state index in [2.05, 4.69) is 144 Å². The number of benzene rings is 5. The minimum Gasteiger partial charge on any atom is -0.333 e. The molecule has 1 aliphatic carbocycles. The molecular weight excluding hydrogens is 553 g/mol. The summed E-state index contributed by atoms with van der Waals surface area (Å²) in [6.45, 7) is 4.00. The maximum absolute atomic E-state index is 4.50. The van der Waals surface area contributed by atoms with E-state index in [-0.39, 0.29) is 0 Å². The monoisotopic (exact) mass is 592 g/mol. The Bertz CT molecular complexity index is 1970. The lowest BCUT2D eigenvalue weighted by Gasteiger charge is -2.19. The Morgan fingerprint density at radius 3 is 2.02 bits per heavy atom. The van der Waals surface area contributed by atoms with Gasteiger partial charge in [-0.05, 0) is 67.3 Å². The summed E-state index contributed by atoms with van der Waals surface area (Å²) in [5.41, 5.74) is 14.0. The number of rotatable bonds is 5. The predicted octanol–water partition coefficient (Wildman–Crippen LogP) is 10.9. The van der Waals surface area contributed by atoms with Gasteiger partial charge in [-0.15, -0.1) is 11.3 Å². The quantitative estimate of drug-likeness (QED) is 0.212. The molecule has 0 aliphatic heterocycles. The van der Waals surface area contributed by atoms with Crippen LogP contribution in [0.3, 0.4) is 0 Å². The van der Waals surface area contributed by atoms with Crippen LogP contribution in [0.1, 0.15) is 54.1 Å². The first kappa shape index (κ1) is 29.6. The summed E-state index contributed by atoms with van der Waals surface area (Å²) in [5, 5.41) is 4.14. The van der Waals surface area contributed by atoms with Crippen molar-refractivity contribution in [3.63, 3.8) is 0 Å². The van der Waals surface area contributed by atoms with Crippen LogP contribution in [0.2, 0.25) is 0 Å². The zero-order valence-electron chi connectivity index (χ0n) is 25.8. The van der Waals surface area contributed by atoms with Gasteiger partial charge in [0.15, 0.2) is 0 Å². The Labute approximate surface area is 265 Å². The van der Waals surface area contributed by atoms with Gasteiger partial charge in [0.2, 0.25) is 0 Å². The molecule has 0 spiro atoms. The summed E-state index contributed by atoms with van der Waals surface area (Å²) >= 11 is 1.93. The number of nitrogens with two attached hydrogens (primary N) is 1. The van der Waals surface area contributed by atoms with E-state index >= 15 is 0 Å². The fourth-order valence-corrected chi connectivity index (χ4v) is 7.85. The van der Waals surface area contributed by atoms with Crippen molar-refractivity contribution in [1.29, 1.82) is 0 Å². The molecule has 2 heterocycles. The molecule has 220 valence electrons. The van der Waals surface area contributed by atoms with Crippen LogP contribution in [0.5, 0.6) is 0 Å². The number of thiophene rings is 1. The second-order valence-electron chi connectivity index (χ2n) is 10.8. The van der Waals surface area contributed by atoms with E-state index < -0.39 is 0 Å². The summed E-state index contributed by atoms with van der Waals surface area (Å²) in [7, 11) is 1.50. The summed E-state index contributed by atoms with van der Waals surface area (Å²) in [6, 6.07) is 44.7. The molecule has 0 radical (unpaired) electrons. The van der Waals surface area contributed by atoms with Crippen molar-refractivity contribution < 1.29 is 0 Å². The van der Waals surface area contributed by atoms with Crippen LogP contribution in [0.15, 0.2) is 127 Å². The maximum atomic E-state index is 4.50. The van der Waals surface area contributed by atoms with Gasteiger partial charge in [0, 0.05) is 48.4 Å². The van der Waals surface area contributed by atoms with Gasteiger partial charge in [-0.1, -0.05) is 123 Å². The van der Waals surface area contributed by atoms with Gasteiger partial charge in [-0.3, -0.25) is 0 Å². The molecule has 5 aromatic carbocycles. The number of aromatic nitrogens is 1. The lowest BCUT2D eigenvalue weighted by Crippen LogP contribution is -2.06. The molecule has 2 N–H and O–H groups in total. The van der Waals surface area contributed by atoms with Crippen LogP contribution < -0.4 is 5.73 Å². The largest absolute Gasteiger partial charge is 0.333 e. The smallest absolute Gasteiger partial charge is 0.0552 e. The van der Waals surface area contributed by atoms with Gasteiger partial charge in [-0.2, -0.15) is 0 Å². The Morgan fingerprint density at radius 2 is 1.34 bits per heavy atom. The number of allylic oxidation sites excluding steroid dienone is 1. The van der Waals surface area contributed by atoms with E-state index in [9.17, 15) is 0 Å². The normalized spacial score (nSPS) is 12.1. The van der Waals surface area contributed by atoms with E-state index in [0.29, 0.717) is 5.92 Å². The highest BCUT2D eigenvalue weighted by molar-refractivity contribution is 7.26. The molecule has 1 aliphatic rings. The highest BCUT2D eigenvalue weighted by Gasteiger charge is 2.22. The molecule has 0 saturated heterocycles. The first-order valence-corrected chi connectivity index (χ1v) is 16.6. The Morgan fingerprint density at radius 1 is 0.705 bits per heavy atom. The minimum absolute atomic E-state index is 0.333. The van der Waals surface area contributed by atoms with Crippen molar-refractivity contribution in [2.75, 3.05) is 7.05 Å². The fraction of sp³-hybridized carbons (Fsp3) is 0.171. The Hall–Kier alpha value is -4.44. The predicted molar refractivity (Wildman–Crippen MR) is 193 cm³/mol. The van der Waals surface area contributed by atoms with E-state index in [0.717, 1.165) is 19.3 Å². The molecular formula is C41H40N2S. The van der Waals surface area contributed by atoms with Crippen LogP contribution >= 0.6 is 11.3 Å². The average Bonchev–Trinajstić information content (AvgIpc) is 3.66. The number of hydrogen-bond acceptors (Lipinski definition) is 2. The standard InChI is InChI=1S/C38H29NS.C2H6.CH5N/c1-3-11-27(12-4-1)33(28-13-5-2-6-14-28)25-26-19-21-29(22-20-26)39-34-17-9-7-16-32(34)37-35(39)24-23-31-30-15-8-10-18-36(30)40-38(31)37;2*1-2/h1-8,10-16,18-24,33H,9,17,25H2;1-2H3;2H2,1H3. The van der Waals surface area contributed by atoms with E-state index in [4.69, 9.17) is 0 Å². The van der Waals surface area contributed by atoms with Crippen LogP contribution in [0.4, 0.5) is 0 Å². The second-order valence-corrected chi connectivity index (χ2v) is 11.9. The Balaban J connectivity index is 0.000000826. The molecule has 0 unspecified atom stereocenters. The molecule has 0 bridgehead atoms. The zero-order valence-corrected chi connectivity index (χ0v) is 26.6. The summed E-state index contributed by atoms with van der Waals surface area (Å²) in [6.07, 6.45) is 7.84. The SMILES string of the molecule is C1=Cc2c(n(-c3ccc(CC(c4ccccc4)c4ccccc4)cc3)c3ccc4c5ccccc5sc4c23)CC1.CC.CN. The first-order chi connectivity index (χ1) is 21.8. The van der Waals surface area contributed by atoms with Crippen LogP contribution in [0, 0.1) is 0 Å². The molecule has 0 atom stereocenters. The average molecular weight is 593 g/mol. The number of hydrogen-bond donors (Lipinski definition) is 1. The van der Waals surface area contributed by atoms with Crippen molar-refractivity contribution in [2.24, 2.45) is 5.73 Å². The molecule has 2 nitrogen and oxygen atoms in total. The lowest BCUT2D eigenvalue weighted by atomic mass is 9.86. The van der Waals surface area contributed by atoms with Gasteiger partial charge in [0.1, 0.15) is 0 Å². The minimum atomic E-state index is 0.333. The zero-order chi connectivity index (χ0) is 30.5. The summed E-state index contributed by atoms with van der Waals surface area (Å²) in [5.74, 6) is 0.333. The van der Waals surface area contributed by atoms with Crippen molar-refractivity contribution in [3.8, 4) is 5.69 Å². The molecule has 0 fully saturated rings. The van der Waals surface area contributed by atoms with Crippen molar-refractivity contribution in [1.82, 2.24) is 4.57 Å². The number of fused-ring (bicyclic) bond motifs is 7. The van der Waals surface area contributed by atoms with Gasteiger partial charge in [-0.25, -0.2) is 0 Å². The molecule has 7 aromatic rings. The lowest BCUT2D eigenvalue weighted by molar-refractivity contribution is 0.804. The summed E-state index contributed by atoms with van der Waals surface area (Å²) < 4.78 is 5.29. The van der Waals surface area contributed by atoms with Crippen molar-refractivity contribution in [2.45, 2.75) is 39.0 Å². The third kappa shape index (κ3) is 5.38. The van der Waals surface area contributed by atoms with Gasteiger partial charge >= 0.3 is 0 Å². The molecule has 3 heteroatoms. The topological polar surface area (TPSA) is 30.9 Å². The molecule has 0 saturated carbocycles. The van der Waals surface area contributed by atoms with E-state index in [1.165, 1.54) is 71.8 Å². The third-order valence-corrected chi connectivity index (χ3v) is 9.69. The van der Waals surface area contributed by atoms with Gasteiger partial charge in [0.25, 0.3) is 0 Å². The van der Waals surface area contributed by atoms with Crippen molar-refractivity contribution >= 4 is 48.5 Å². The number of nitrogens with zero attached hydrogens (tertiary/aromatic N) is 1. The first-order valence-electron chi connectivity index (χ1n) is 15.8. The molecule has 44 heavy (non-hydrogen) atoms. The second kappa shape index (κ2) is 13.5. The van der Waals surface area contributed by atoms with Gasteiger partial charge < -0.3 is 10.3 Å². The molecule has 0 amide bonds. The maximum Gasteiger partial charge on any atom is 0.0552 e. The van der Waals surface area contributed by atoms with Crippen LogP contribution in [-0.4, -0.2) is 11.6 Å². The van der Waals surface area contributed by atoms with Crippen LogP contribution in [-0.2, 0) is 12.8 Å². The van der Waals surface area contributed by atoms with E-state index in [1.54, 1.807) is 0 Å². The highest BCUT2D eigenvalue weighted by atomic mass is 32.1.